The second kappa shape index (κ2) is 5.43. The zero-order valence-electron chi connectivity index (χ0n) is 11.7. The summed E-state index contributed by atoms with van der Waals surface area (Å²) < 4.78 is 2.21. The summed E-state index contributed by atoms with van der Waals surface area (Å²) in [4.78, 5) is 15.3. The quantitative estimate of drug-likeness (QED) is 0.899. The van der Waals surface area contributed by atoms with Gasteiger partial charge < -0.3 is 9.67 Å². The molecule has 0 saturated heterocycles. The largest absolute Gasteiger partial charge is 0.481 e. The SMILES string of the molecule is Cc1nc2cc(CC(=O)O)ccc2n1CCC(C)C. The van der Waals surface area contributed by atoms with Crippen LogP contribution in [0.4, 0.5) is 0 Å². The maximum Gasteiger partial charge on any atom is 0.307 e. The lowest BCUT2D eigenvalue weighted by molar-refractivity contribution is -0.136. The van der Waals surface area contributed by atoms with E-state index >= 15 is 0 Å². The van der Waals surface area contributed by atoms with E-state index in [2.05, 4.69) is 23.4 Å². The molecule has 4 nitrogen and oxygen atoms in total. The first kappa shape index (κ1) is 13.6. The highest BCUT2D eigenvalue weighted by atomic mass is 16.4. The van der Waals surface area contributed by atoms with Crippen LogP contribution in [-0.2, 0) is 17.8 Å². The Morgan fingerprint density at radius 1 is 1.42 bits per heavy atom. The zero-order chi connectivity index (χ0) is 14.0. The van der Waals surface area contributed by atoms with E-state index in [9.17, 15) is 4.79 Å². The van der Waals surface area contributed by atoms with Crippen LogP contribution < -0.4 is 0 Å². The van der Waals surface area contributed by atoms with Crippen molar-refractivity contribution >= 4 is 17.0 Å². The van der Waals surface area contributed by atoms with Crippen molar-refractivity contribution < 1.29 is 9.90 Å². The molecule has 0 saturated carbocycles. The van der Waals surface area contributed by atoms with Gasteiger partial charge in [-0.2, -0.15) is 0 Å². The molecule has 0 aliphatic carbocycles. The third-order valence-corrected chi connectivity index (χ3v) is 3.29. The van der Waals surface area contributed by atoms with Crippen LogP contribution in [0.25, 0.3) is 11.0 Å². The number of hydrogen-bond donors (Lipinski definition) is 1. The van der Waals surface area contributed by atoms with Crippen molar-refractivity contribution in [2.24, 2.45) is 5.92 Å². The van der Waals surface area contributed by atoms with Crippen molar-refractivity contribution in [2.45, 2.75) is 40.2 Å². The first-order chi connectivity index (χ1) is 8.97. The van der Waals surface area contributed by atoms with Gasteiger partial charge in [-0.05, 0) is 37.0 Å². The number of aliphatic carboxylic acids is 1. The summed E-state index contributed by atoms with van der Waals surface area (Å²) in [6, 6.07) is 5.74. The predicted molar refractivity (Wildman–Crippen MR) is 75.3 cm³/mol. The summed E-state index contributed by atoms with van der Waals surface area (Å²) >= 11 is 0. The summed E-state index contributed by atoms with van der Waals surface area (Å²) in [6.45, 7) is 7.37. The molecule has 1 aromatic carbocycles. The fraction of sp³-hybridized carbons (Fsp3) is 0.467. The molecule has 0 aliphatic heterocycles. The summed E-state index contributed by atoms with van der Waals surface area (Å²) in [7, 11) is 0. The molecule has 102 valence electrons. The maximum atomic E-state index is 10.7. The maximum absolute atomic E-state index is 10.7. The Morgan fingerprint density at radius 3 is 2.79 bits per heavy atom. The van der Waals surface area contributed by atoms with Crippen molar-refractivity contribution in [1.82, 2.24) is 9.55 Å². The van der Waals surface area contributed by atoms with E-state index in [1.54, 1.807) is 0 Å². The molecule has 0 atom stereocenters. The minimum Gasteiger partial charge on any atom is -0.481 e. The number of rotatable bonds is 5. The van der Waals surface area contributed by atoms with Gasteiger partial charge in [0, 0.05) is 6.54 Å². The molecular formula is C15H20N2O2. The molecule has 0 unspecified atom stereocenters. The van der Waals surface area contributed by atoms with Gasteiger partial charge in [-0.3, -0.25) is 4.79 Å². The number of carbonyl (C=O) groups is 1. The Hall–Kier alpha value is -1.84. The highest BCUT2D eigenvalue weighted by molar-refractivity contribution is 5.79. The molecule has 0 spiro atoms. The fourth-order valence-corrected chi connectivity index (χ4v) is 2.25. The van der Waals surface area contributed by atoms with E-state index in [0.717, 1.165) is 35.4 Å². The minimum absolute atomic E-state index is 0.0494. The Bertz CT molecular complexity index is 599. The molecule has 1 N–H and O–H groups in total. The van der Waals surface area contributed by atoms with Crippen LogP contribution >= 0.6 is 0 Å². The Kier molecular flexibility index (Phi) is 3.88. The molecular weight excluding hydrogens is 240 g/mol. The lowest BCUT2D eigenvalue weighted by Crippen LogP contribution is -2.03. The summed E-state index contributed by atoms with van der Waals surface area (Å²) in [5, 5.41) is 8.82. The van der Waals surface area contributed by atoms with Gasteiger partial charge in [-0.15, -0.1) is 0 Å². The predicted octanol–water partition coefficient (Wildman–Crippen LogP) is 3.02. The van der Waals surface area contributed by atoms with Crippen molar-refractivity contribution in [1.29, 1.82) is 0 Å². The molecule has 1 heterocycles. The molecule has 0 fully saturated rings. The average molecular weight is 260 g/mol. The molecule has 4 heteroatoms. The average Bonchev–Trinajstić information content (AvgIpc) is 2.60. The number of aryl methyl sites for hydroxylation is 2. The lowest BCUT2D eigenvalue weighted by atomic mass is 10.1. The van der Waals surface area contributed by atoms with Crippen LogP contribution in [-0.4, -0.2) is 20.6 Å². The van der Waals surface area contributed by atoms with E-state index in [1.165, 1.54) is 0 Å². The standard InChI is InChI=1S/C15H20N2O2/c1-10(2)6-7-17-11(3)16-13-8-12(9-15(18)19)4-5-14(13)17/h4-5,8,10H,6-7,9H2,1-3H3,(H,18,19). The van der Waals surface area contributed by atoms with Gasteiger partial charge in [0.25, 0.3) is 0 Å². The number of nitrogens with zero attached hydrogens (tertiary/aromatic N) is 2. The molecule has 0 radical (unpaired) electrons. The monoisotopic (exact) mass is 260 g/mol. The second-order valence-electron chi connectivity index (χ2n) is 5.39. The highest BCUT2D eigenvalue weighted by Gasteiger charge is 2.09. The highest BCUT2D eigenvalue weighted by Crippen LogP contribution is 2.19. The van der Waals surface area contributed by atoms with Gasteiger partial charge in [0.1, 0.15) is 5.82 Å². The first-order valence-electron chi connectivity index (χ1n) is 6.65. The molecule has 0 bridgehead atoms. The van der Waals surface area contributed by atoms with Gasteiger partial charge in [-0.25, -0.2) is 4.98 Å². The van der Waals surface area contributed by atoms with Gasteiger partial charge in [0.2, 0.25) is 0 Å². The van der Waals surface area contributed by atoms with Crippen molar-refractivity contribution in [3.05, 3.63) is 29.6 Å². The third-order valence-electron chi connectivity index (χ3n) is 3.29. The lowest BCUT2D eigenvalue weighted by Gasteiger charge is -2.09. The number of aromatic nitrogens is 2. The van der Waals surface area contributed by atoms with Crippen molar-refractivity contribution in [3.8, 4) is 0 Å². The van der Waals surface area contributed by atoms with Crippen LogP contribution in [0.1, 0.15) is 31.7 Å². The molecule has 2 aromatic rings. The number of imidazole rings is 1. The van der Waals surface area contributed by atoms with Crippen LogP contribution in [0.3, 0.4) is 0 Å². The van der Waals surface area contributed by atoms with Gasteiger partial charge in [0.15, 0.2) is 0 Å². The van der Waals surface area contributed by atoms with Crippen molar-refractivity contribution in [2.75, 3.05) is 0 Å². The Morgan fingerprint density at radius 2 is 2.16 bits per heavy atom. The summed E-state index contributed by atoms with van der Waals surface area (Å²) in [6.07, 6.45) is 1.16. The normalized spacial score (nSPS) is 11.4. The van der Waals surface area contributed by atoms with E-state index in [1.807, 2.05) is 25.1 Å². The summed E-state index contributed by atoms with van der Waals surface area (Å²) in [5.41, 5.74) is 2.78. The Balaban J connectivity index is 2.33. The first-order valence-corrected chi connectivity index (χ1v) is 6.65. The molecule has 0 aliphatic rings. The molecule has 0 amide bonds. The van der Waals surface area contributed by atoms with Crippen LogP contribution in [0.2, 0.25) is 0 Å². The van der Waals surface area contributed by atoms with Gasteiger partial charge in [-0.1, -0.05) is 19.9 Å². The van der Waals surface area contributed by atoms with Crippen LogP contribution in [0.15, 0.2) is 18.2 Å². The Labute approximate surface area is 113 Å². The zero-order valence-corrected chi connectivity index (χ0v) is 11.7. The molecule has 2 rings (SSSR count). The van der Waals surface area contributed by atoms with Crippen molar-refractivity contribution in [3.63, 3.8) is 0 Å². The van der Waals surface area contributed by atoms with Gasteiger partial charge in [0.05, 0.1) is 17.5 Å². The number of benzene rings is 1. The van der Waals surface area contributed by atoms with Crippen LogP contribution in [0, 0.1) is 12.8 Å². The van der Waals surface area contributed by atoms with E-state index in [0.29, 0.717) is 5.92 Å². The van der Waals surface area contributed by atoms with Gasteiger partial charge >= 0.3 is 5.97 Å². The minimum atomic E-state index is -0.810. The van der Waals surface area contributed by atoms with E-state index in [4.69, 9.17) is 5.11 Å². The van der Waals surface area contributed by atoms with E-state index < -0.39 is 5.97 Å². The van der Waals surface area contributed by atoms with Crippen LogP contribution in [0.5, 0.6) is 0 Å². The second-order valence-corrected chi connectivity index (χ2v) is 5.39. The smallest absolute Gasteiger partial charge is 0.307 e. The number of hydrogen-bond acceptors (Lipinski definition) is 2. The summed E-state index contributed by atoms with van der Waals surface area (Å²) in [5.74, 6) is 0.835. The third kappa shape index (κ3) is 3.13. The fourth-order valence-electron chi connectivity index (χ4n) is 2.25. The number of carboxylic acid groups (broad SMARTS) is 1. The molecule has 1 aromatic heterocycles. The molecule has 19 heavy (non-hydrogen) atoms. The van der Waals surface area contributed by atoms with E-state index in [-0.39, 0.29) is 6.42 Å². The number of fused-ring (bicyclic) bond motifs is 1. The number of carboxylic acids is 1. The topological polar surface area (TPSA) is 55.1 Å².